The van der Waals surface area contributed by atoms with E-state index >= 15 is 0 Å². The fourth-order valence-corrected chi connectivity index (χ4v) is 2.49. The van der Waals surface area contributed by atoms with Crippen LogP contribution < -0.4 is 0 Å². The fourth-order valence-electron chi connectivity index (χ4n) is 2.49. The first-order valence-corrected chi connectivity index (χ1v) is 6.49. The van der Waals surface area contributed by atoms with E-state index in [9.17, 15) is 0 Å². The Bertz CT molecular complexity index is 845. The zero-order chi connectivity index (χ0) is 13.4. The van der Waals surface area contributed by atoms with E-state index in [4.69, 9.17) is 4.42 Å². The molecule has 3 nitrogen and oxygen atoms in total. The molecule has 3 heterocycles. The third-order valence-electron chi connectivity index (χ3n) is 3.36. The Kier molecular flexibility index (Phi) is 2.42. The van der Waals surface area contributed by atoms with E-state index in [0.29, 0.717) is 0 Å². The highest BCUT2D eigenvalue weighted by atomic mass is 16.3. The van der Waals surface area contributed by atoms with Gasteiger partial charge in [0.1, 0.15) is 5.82 Å². The molecule has 3 heteroatoms. The van der Waals surface area contributed by atoms with Crippen molar-refractivity contribution < 1.29 is 4.42 Å². The highest BCUT2D eigenvalue weighted by Gasteiger charge is 2.14. The second-order valence-corrected chi connectivity index (χ2v) is 4.59. The van der Waals surface area contributed by atoms with E-state index in [1.54, 1.807) is 12.5 Å². The van der Waals surface area contributed by atoms with Gasteiger partial charge in [0, 0.05) is 11.6 Å². The van der Waals surface area contributed by atoms with Gasteiger partial charge >= 0.3 is 0 Å². The maximum Gasteiger partial charge on any atom is 0.150 e. The molecule has 0 unspecified atom stereocenters. The van der Waals surface area contributed by atoms with Gasteiger partial charge in [0.25, 0.3) is 0 Å². The molecule has 3 aromatic heterocycles. The number of hydrogen-bond donors (Lipinski definition) is 0. The van der Waals surface area contributed by atoms with Crippen LogP contribution in [-0.2, 0) is 0 Å². The van der Waals surface area contributed by atoms with Gasteiger partial charge in [-0.15, -0.1) is 0 Å². The second kappa shape index (κ2) is 4.38. The van der Waals surface area contributed by atoms with Gasteiger partial charge in [-0.2, -0.15) is 0 Å². The minimum Gasteiger partial charge on any atom is -0.463 e. The van der Waals surface area contributed by atoms with Crippen molar-refractivity contribution in [1.29, 1.82) is 0 Å². The summed E-state index contributed by atoms with van der Waals surface area (Å²) in [7, 11) is 0. The van der Waals surface area contributed by atoms with Crippen LogP contribution in [0.3, 0.4) is 0 Å². The van der Waals surface area contributed by atoms with Crippen LogP contribution in [0.15, 0.2) is 77.5 Å². The number of rotatable bonds is 2. The Morgan fingerprint density at radius 2 is 1.80 bits per heavy atom. The van der Waals surface area contributed by atoms with Crippen LogP contribution in [0.25, 0.3) is 28.2 Å². The first-order valence-electron chi connectivity index (χ1n) is 6.49. The lowest BCUT2D eigenvalue weighted by atomic mass is 10.2. The number of hydrogen-bond acceptors (Lipinski definition) is 2. The zero-order valence-electron chi connectivity index (χ0n) is 10.7. The fraction of sp³-hybridized carbons (Fsp3) is 0. The molecule has 0 N–H and O–H groups in total. The molecule has 0 saturated heterocycles. The molecular weight excluding hydrogens is 248 g/mol. The summed E-state index contributed by atoms with van der Waals surface area (Å²) in [5.41, 5.74) is 2.13. The minimum atomic E-state index is 0.840. The quantitative estimate of drug-likeness (QED) is 0.538. The molecule has 4 aromatic rings. The first kappa shape index (κ1) is 11.1. The van der Waals surface area contributed by atoms with Crippen LogP contribution in [0.5, 0.6) is 0 Å². The van der Waals surface area contributed by atoms with Crippen molar-refractivity contribution in [2.24, 2.45) is 0 Å². The van der Waals surface area contributed by atoms with Crippen LogP contribution in [0.2, 0.25) is 0 Å². The van der Waals surface area contributed by atoms with Crippen molar-refractivity contribution in [3.8, 4) is 17.3 Å². The summed E-state index contributed by atoms with van der Waals surface area (Å²) in [6, 6.07) is 20.2. The summed E-state index contributed by atoms with van der Waals surface area (Å²) in [5, 5.41) is 1.17. The average molecular weight is 260 g/mol. The highest BCUT2D eigenvalue weighted by molar-refractivity contribution is 5.88. The van der Waals surface area contributed by atoms with Crippen LogP contribution in [0, 0.1) is 0 Å². The number of pyridine rings is 1. The molecule has 4 rings (SSSR count). The third kappa shape index (κ3) is 1.64. The van der Waals surface area contributed by atoms with Gasteiger partial charge < -0.3 is 4.42 Å². The van der Waals surface area contributed by atoms with Gasteiger partial charge in [-0.25, -0.2) is 4.98 Å². The SMILES string of the molecule is c1ccc(-n2c(-c3ccco3)cc3ccccc32)nc1. The van der Waals surface area contributed by atoms with E-state index in [2.05, 4.69) is 27.8 Å². The van der Waals surface area contributed by atoms with E-state index < -0.39 is 0 Å². The van der Waals surface area contributed by atoms with Crippen molar-refractivity contribution in [1.82, 2.24) is 9.55 Å². The Labute approximate surface area is 116 Å². The maximum absolute atomic E-state index is 5.56. The molecule has 0 atom stereocenters. The number of benzene rings is 1. The molecule has 1 aromatic carbocycles. The highest BCUT2D eigenvalue weighted by Crippen LogP contribution is 2.30. The molecule has 0 amide bonds. The molecule has 0 saturated carbocycles. The average Bonchev–Trinajstić information content (AvgIpc) is 3.15. The van der Waals surface area contributed by atoms with Crippen molar-refractivity contribution in [2.75, 3.05) is 0 Å². The van der Waals surface area contributed by atoms with Gasteiger partial charge in [0.15, 0.2) is 5.76 Å². The smallest absolute Gasteiger partial charge is 0.150 e. The van der Waals surface area contributed by atoms with Crippen LogP contribution in [-0.4, -0.2) is 9.55 Å². The lowest BCUT2D eigenvalue weighted by Gasteiger charge is -2.07. The number of fused-ring (bicyclic) bond motifs is 1. The van der Waals surface area contributed by atoms with Crippen molar-refractivity contribution in [3.63, 3.8) is 0 Å². The lowest BCUT2D eigenvalue weighted by Crippen LogP contribution is -1.98. The summed E-state index contributed by atoms with van der Waals surface area (Å²) >= 11 is 0. The Morgan fingerprint density at radius 1 is 0.900 bits per heavy atom. The molecule has 0 bridgehead atoms. The summed E-state index contributed by atoms with van der Waals surface area (Å²) < 4.78 is 7.68. The Morgan fingerprint density at radius 3 is 2.60 bits per heavy atom. The standard InChI is InChI=1S/C17H12N2O/c1-2-7-14-13(6-1)12-15(16-8-5-11-20-16)19(14)17-9-3-4-10-18-17/h1-12H. The van der Waals surface area contributed by atoms with Gasteiger partial charge in [0.05, 0.1) is 17.5 Å². The number of nitrogens with zero attached hydrogens (tertiary/aromatic N) is 2. The van der Waals surface area contributed by atoms with Gasteiger partial charge in [-0.1, -0.05) is 24.3 Å². The topological polar surface area (TPSA) is 31.0 Å². The molecule has 0 radical (unpaired) electrons. The largest absolute Gasteiger partial charge is 0.463 e. The zero-order valence-corrected chi connectivity index (χ0v) is 10.7. The minimum absolute atomic E-state index is 0.840. The Hall–Kier alpha value is -2.81. The van der Waals surface area contributed by atoms with Crippen molar-refractivity contribution >= 4 is 10.9 Å². The van der Waals surface area contributed by atoms with E-state index in [0.717, 1.165) is 22.8 Å². The second-order valence-electron chi connectivity index (χ2n) is 4.59. The van der Waals surface area contributed by atoms with E-state index in [-0.39, 0.29) is 0 Å². The first-order chi connectivity index (χ1) is 9.93. The monoisotopic (exact) mass is 260 g/mol. The molecule has 0 fully saturated rings. The number of para-hydroxylation sites is 1. The van der Waals surface area contributed by atoms with Gasteiger partial charge in [-0.05, 0) is 36.4 Å². The Balaban J connectivity index is 2.09. The van der Waals surface area contributed by atoms with Gasteiger partial charge in [0.2, 0.25) is 0 Å². The molecule has 0 spiro atoms. The molecule has 96 valence electrons. The van der Waals surface area contributed by atoms with E-state index in [1.165, 1.54) is 5.39 Å². The summed E-state index contributed by atoms with van der Waals surface area (Å²) in [6.07, 6.45) is 3.49. The number of aromatic nitrogens is 2. The summed E-state index contributed by atoms with van der Waals surface area (Å²) in [5.74, 6) is 1.73. The normalized spacial score (nSPS) is 11.0. The molecule has 0 aliphatic heterocycles. The van der Waals surface area contributed by atoms with Gasteiger partial charge in [-0.3, -0.25) is 4.57 Å². The summed E-state index contributed by atoms with van der Waals surface area (Å²) in [4.78, 5) is 4.46. The predicted molar refractivity (Wildman–Crippen MR) is 78.8 cm³/mol. The molecule has 0 aliphatic carbocycles. The summed E-state index contributed by atoms with van der Waals surface area (Å²) in [6.45, 7) is 0. The van der Waals surface area contributed by atoms with Crippen LogP contribution in [0.1, 0.15) is 0 Å². The van der Waals surface area contributed by atoms with Crippen LogP contribution >= 0.6 is 0 Å². The van der Waals surface area contributed by atoms with E-state index in [1.807, 2.05) is 42.5 Å². The maximum atomic E-state index is 5.56. The molecular formula is C17H12N2O. The molecule has 0 aliphatic rings. The number of furan rings is 1. The van der Waals surface area contributed by atoms with Crippen LogP contribution in [0.4, 0.5) is 0 Å². The molecule has 20 heavy (non-hydrogen) atoms. The lowest BCUT2D eigenvalue weighted by molar-refractivity contribution is 0.578. The predicted octanol–water partition coefficient (Wildman–Crippen LogP) is 4.29. The third-order valence-corrected chi connectivity index (χ3v) is 3.36. The van der Waals surface area contributed by atoms with Crippen molar-refractivity contribution in [2.45, 2.75) is 0 Å². The van der Waals surface area contributed by atoms with Crippen molar-refractivity contribution in [3.05, 3.63) is 73.1 Å².